The number of benzene rings is 8. The van der Waals surface area contributed by atoms with Gasteiger partial charge in [-0.05, 0) is 88.0 Å². The minimum Gasteiger partial charge on any atom is -0.356 e. The van der Waals surface area contributed by atoms with Crippen molar-refractivity contribution >= 4 is 33.2 Å². The molecule has 2 heteroatoms. The van der Waals surface area contributed by atoms with E-state index in [4.69, 9.17) is 0 Å². The molecule has 0 atom stereocenters. The number of aromatic nitrogens is 1. The maximum absolute atomic E-state index is 3.53. The molecule has 9 rings (SSSR count). The van der Waals surface area contributed by atoms with Crippen molar-refractivity contribution in [3.05, 3.63) is 212 Å². The molecule has 0 radical (unpaired) electrons. The third-order valence-electron chi connectivity index (χ3n) is 9.07. The Labute approximate surface area is 293 Å². The van der Waals surface area contributed by atoms with E-state index in [9.17, 15) is 0 Å². The Balaban J connectivity index is 0.000000254. The summed E-state index contributed by atoms with van der Waals surface area (Å²) in [4.78, 5) is 0. The number of nitrogens with one attached hydrogen (secondary N) is 1. The number of nitrogens with zero attached hydrogens (tertiary/aromatic N) is 1. The molecule has 0 aliphatic heterocycles. The Kier molecular flexibility index (Phi) is 8.73. The molecule has 0 unspecified atom stereocenters. The van der Waals surface area contributed by atoms with Crippen molar-refractivity contribution in [2.75, 3.05) is 5.32 Å². The number of anilines is 2. The number of hydrogen-bond acceptors (Lipinski definition) is 1. The van der Waals surface area contributed by atoms with Crippen LogP contribution in [0.4, 0.5) is 11.4 Å². The highest BCUT2D eigenvalue weighted by Crippen LogP contribution is 2.35. The van der Waals surface area contributed by atoms with E-state index >= 15 is 0 Å². The predicted molar refractivity (Wildman–Crippen MR) is 213 cm³/mol. The first-order valence-electron chi connectivity index (χ1n) is 17.0. The monoisotopic (exact) mass is 640 g/mol. The maximum Gasteiger partial charge on any atom is 0.0541 e. The van der Waals surface area contributed by atoms with E-state index in [1.165, 1.54) is 60.9 Å². The number of para-hydroxylation sites is 2. The molecule has 0 saturated carbocycles. The summed E-state index contributed by atoms with van der Waals surface area (Å²) in [5.41, 5.74) is 13.2. The summed E-state index contributed by atoms with van der Waals surface area (Å²) in [7, 11) is 0. The fourth-order valence-corrected chi connectivity index (χ4v) is 6.56. The van der Waals surface area contributed by atoms with Crippen molar-refractivity contribution in [1.29, 1.82) is 0 Å². The lowest BCUT2D eigenvalue weighted by atomic mass is 10.0. The van der Waals surface area contributed by atoms with Gasteiger partial charge < -0.3 is 9.88 Å². The molecular weight excluding hydrogens is 605 g/mol. The molecule has 1 N–H and O–H groups in total. The lowest BCUT2D eigenvalue weighted by Gasteiger charge is -2.10. The molecule has 0 amide bonds. The number of rotatable bonds is 6. The topological polar surface area (TPSA) is 17.0 Å². The van der Waals surface area contributed by atoms with Crippen molar-refractivity contribution in [1.82, 2.24) is 4.57 Å². The van der Waals surface area contributed by atoms with Crippen LogP contribution in [0.15, 0.2) is 212 Å². The van der Waals surface area contributed by atoms with Gasteiger partial charge in [-0.2, -0.15) is 0 Å². The van der Waals surface area contributed by atoms with Crippen LogP contribution in [0.5, 0.6) is 0 Å². The van der Waals surface area contributed by atoms with Crippen LogP contribution in [-0.4, -0.2) is 4.57 Å². The normalized spacial score (nSPS) is 10.8. The maximum atomic E-state index is 3.53. The van der Waals surface area contributed by atoms with E-state index in [0.717, 1.165) is 11.4 Å². The summed E-state index contributed by atoms with van der Waals surface area (Å²) in [6, 6.07) is 74.6. The van der Waals surface area contributed by atoms with Gasteiger partial charge in [-0.15, -0.1) is 0 Å². The highest BCUT2D eigenvalue weighted by Gasteiger charge is 2.13. The molecule has 0 aliphatic rings. The van der Waals surface area contributed by atoms with Crippen LogP contribution in [-0.2, 0) is 0 Å². The summed E-state index contributed by atoms with van der Waals surface area (Å²) >= 11 is 0. The predicted octanol–water partition coefficient (Wildman–Crippen LogP) is 13.2. The van der Waals surface area contributed by atoms with Crippen LogP contribution in [0.3, 0.4) is 0 Å². The fourth-order valence-electron chi connectivity index (χ4n) is 6.56. The van der Waals surface area contributed by atoms with Gasteiger partial charge in [0.05, 0.1) is 11.0 Å². The van der Waals surface area contributed by atoms with Gasteiger partial charge >= 0.3 is 0 Å². The van der Waals surface area contributed by atoms with E-state index in [2.05, 4.69) is 204 Å². The molecule has 0 fully saturated rings. The third-order valence-corrected chi connectivity index (χ3v) is 9.07. The zero-order valence-corrected chi connectivity index (χ0v) is 27.7. The van der Waals surface area contributed by atoms with Crippen molar-refractivity contribution in [3.8, 4) is 39.1 Å². The Bertz CT molecular complexity index is 2410. The molecular formula is C48H36N2. The van der Waals surface area contributed by atoms with Gasteiger partial charge in [0.1, 0.15) is 0 Å². The van der Waals surface area contributed by atoms with E-state index in [0.29, 0.717) is 0 Å². The zero-order valence-electron chi connectivity index (χ0n) is 27.7. The van der Waals surface area contributed by atoms with Crippen LogP contribution >= 0.6 is 0 Å². The highest BCUT2D eigenvalue weighted by molar-refractivity contribution is 6.10. The molecule has 50 heavy (non-hydrogen) atoms. The molecule has 8 aromatic carbocycles. The summed E-state index contributed by atoms with van der Waals surface area (Å²) in [6.07, 6.45) is 0. The molecule has 2 nitrogen and oxygen atoms in total. The van der Waals surface area contributed by atoms with Crippen LogP contribution in [0, 0.1) is 0 Å². The number of fused-ring (bicyclic) bond motifs is 3. The van der Waals surface area contributed by atoms with Gasteiger partial charge in [0.2, 0.25) is 0 Å². The van der Waals surface area contributed by atoms with Crippen molar-refractivity contribution in [2.24, 2.45) is 0 Å². The highest BCUT2D eigenvalue weighted by atomic mass is 15.0. The Morgan fingerprint density at radius 1 is 0.280 bits per heavy atom. The SMILES string of the molecule is c1ccc(-c2ccc(Nc3ccc(-c4ccc5c(c4)c4ccccc4n5-c4ccccc4)cc3)cc2)cc1.c1ccc(-c2ccccc2)cc1. The molecule has 1 aromatic heterocycles. The molecule has 0 spiro atoms. The summed E-state index contributed by atoms with van der Waals surface area (Å²) in [5, 5.41) is 6.07. The summed E-state index contributed by atoms with van der Waals surface area (Å²) in [6.45, 7) is 0. The van der Waals surface area contributed by atoms with E-state index < -0.39 is 0 Å². The lowest BCUT2D eigenvalue weighted by Crippen LogP contribution is -1.93. The van der Waals surface area contributed by atoms with E-state index in [1.54, 1.807) is 0 Å². The minimum atomic E-state index is 1.07. The largest absolute Gasteiger partial charge is 0.356 e. The first-order valence-corrected chi connectivity index (χ1v) is 17.0. The Morgan fingerprint density at radius 3 is 1.18 bits per heavy atom. The number of hydrogen-bond donors (Lipinski definition) is 1. The van der Waals surface area contributed by atoms with Crippen LogP contribution in [0.1, 0.15) is 0 Å². The van der Waals surface area contributed by atoms with Crippen molar-refractivity contribution in [3.63, 3.8) is 0 Å². The van der Waals surface area contributed by atoms with Gasteiger partial charge in [-0.1, -0.05) is 158 Å². The van der Waals surface area contributed by atoms with Gasteiger partial charge in [0.15, 0.2) is 0 Å². The van der Waals surface area contributed by atoms with Gasteiger partial charge in [0.25, 0.3) is 0 Å². The average molecular weight is 641 g/mol. The first-order chi connectivity index (χ1) is 24.8. The standard InChI is InChI=1S/C36H26N2.C12H10/c1-3-9-26(10-4-1)27-15-20-30(21-16-27)37-31-22-17-28(18-23-31)29-19-24-36-34(25-29)33-13-7-8-14-35(33)38(36)32-11-5-2-6-12-32;1-3-7-11(8-4-1)12-9-5-2-6-10-12/h1-25,37H;1-10H. The second-order valence-corrected chi connectivity index (χ2v) is 12.3. The Hall–Kier alpha value is -6.64. The van der Waals surface area contributed by atoms with Gasteiger partial charge in [-0.3, -0.25) is 0 Å². The zero-order chi connectivity index (χ0) is 33.5. The fraction of sp³-hybridized carbons (Fsp3) is 0. The molecule has 0 aliphatic carbocycles. The van der Waals surface area contributed by atoms with Gasteiger partial charge in [0, 0.05) is 27.8 Å². The smallest absolute Gasteiger partial charge is 0.0541 e. The van der Waals surface area contributed by atoms with E-state index in [1.807, 2.05) is 18.2 Å². The molecule has 0 saturated heterocycles. The quantitative estimate of drug-likeness (QED) is 0.191. The summed E-state index contributed by atoms with van der Waals surface area (Å²) in [5.74, 6) is 0. The third kappa shape index (κ3) is 6.56. The molecule has 1 heterocycles. The second kappa shape index (κ2) is 14.2. The Morgan fingerprint density at radius 2 is 0.660 bits per heavy atom. The molecule has 9 aromatic rings. The van der Waals surface area contributed by atoms with Crippen molar-refractivity contribution in [2.45, 2.75) is 0 Å². The van der Waals surface area contributed by atoms with E-state index in [-0.39, 0.29) is 0 Å². The van der Waals surface area contributed by atoms with Crippen LogP contribution in [0.25, 0.3) is 60.9 Å². The van der Waals surface area contributed by atoms with Crippen LogP contribution < -0.4 is 5.32 Å². The minimum absolute atomic E-state index is 1.07. The van der Waals surface area contributed by atoms with Crippen LogP contribution in [0.2, 0.25) is 0 Å². The van der Waals surface area contributed by atoms with Gasteiger partial charge in [-0.25, -0.2) is 0 Å². The first kappa shape index (κ1) is 30.7. The average Bonchev–Trinajstić information content (AvgIpc) is 3.54. The second-order valence-electron chi connectivity index (χ2n) is 12.3. The molecule has 0 bridgehead atoms. The summed E-state index contributed by atoms with van der Waals surface area (Å²) < 4.78 is 2.35. The molecule has 238 valence electrons. The van der Waals surface area contributed by atoms with Crippen molar-refractivity contribution < 1.29 is 0 Å². The lowest BCUT2D eigenvalue weighted by molar-refractivity contribution is 1.18.